The topological polar surface area (TPSA) is 0 Å². The summed E-state index contributed by atoms with van der Waals surface area (Å²) < 4.78 is 0. The van der Waals surface area contributed by atoms with Crippen molar-refractivity contribution in [2.75, 3.05) is 0 Å². The molecule has 0 heteroatoms. The van der Waals surface area contributed by atoms with Gasteiger partial charge < -0.3 is 0 Å². The molecule has 0 spiro atoms. The SMILES string of the molecule is c1ccc(-c2c3ccccc3c(-c3ccccc3)c3c(-c4cccc5c(-c6ccccc6)c6ccccc6c(-c6ccccc6)c45)cccc23)cc1.c1ccc(-c2c3ccccc3c(-c3ccccc3)c3cc(-c4ccc5c(-c6ccccc6)c6ccccc6c(-c6ccccc6)c5c4)ccc23)cc1.c1ccc(-c2ccc3c(-c4ccc5ccccc5c4)c4ccccc4c(-c4ccc5ccccc5c4)c3c2)cc1. The van der Waals surface area contributed by atoms with Crippen molar-refractivity contribution in [1.29, 1.82) is 0 Å². The van der Waals surface area contributed by atoms with Crippen molar-refractivity contribution in [3.63, 3.8) is 0 Å². The van der Waals surface area contributed by atoms with Crippen molar-refractivity contribution in [1.82, 2.24) is 0 Å². The van der Waals surface area contributed by atoms with Gasteiger partial charge in [0.05, 0.1) is 0 Å². The zero-order chi connectivity index (χ0) is 95.3. The van der Waals surface area contributed by atoms with Gasteiger partial charge in [-0.3, -0.25) is 0 Å². The van der Waals surface area contributed by atoms with Gasteiger partial charge in [0, 0.05) is 0 Å². The Hall–Kier alpha value is -18.7. The summed E-state index contributed by atoms with van der Waals surface area (Å²) >= 11 is 0. The molecule has 0 saturated carbocycles. The van der Waals surface area contributed by atoms with Crippen molar-refractivity contribution >= 4 is 129 Å². The van der Waals surface area contributed by atoms with Gasteiger partial charge in [-0.1, -0.05) is 540 Å². The second-order valence-electron chi connectivity index (χ2n) is 37.6. The third kappa shape index (κ3) is 15.3. The van der Waals surface area contributed by atoms with E-state index >= 15 is 0 Å². The molecule has 0 atom stereocenters. The van der Waals surface area contributed by atoms with Crippen LogP contribution >= 0.6 is 0 Å². The fraction of sp³-hybridized carbons (Fsp3) is 0. The summed E-state index contributed by atoms with van der Waals surface area (Å²) in [6.45, 7) is 0. The van der Waals surface area contributed by atoms with Gasteiger partial charge in [-0.05, 0) is 304 Å². The molecule has 0 amide bonds. The van der Waals surface area contributed by atoms with E-state index in [4.69, 9.17) is 0 Å². The summed E-state index contributed by atoms with van der Waals surface area (Å²) in [5.41, 5.74) is 32.4. The van der Waals surface area contributed by atoms with Gasteiger partial charge in [-0.15, -0.1) is 0 Å². The van der Waals surface area contributed by atoms with Crippen molar-refractivity contribution in [2.24, 2.45) is 0 Å². The number of hydrogen-bond donors (Lipinski definition) is 0. The highest BCUT2D eigenvalue weighted by atomic mass is 14.3. The summed E-state index contributed by atoms with van der Waals surface area (Å²) in [5.74, 6) is 0. The Morgan fingerprint density at radius 2 is 0.250 bits per heavy atom. The second-order valence-corrected chi connectivity index (χ2v) is 37.6. The predicted molar refractivity (Wildman–Crippen MR) is 620 cm³/mol. The quantitative estimate of drug-likeness (QED) is 0.101. The molecule has 28 aromatic carbocycles. The molecular formula is C144H94. The highest BCUT2D eigenvalue weighted by Gasteiger charge is 2.28. The van der Waals surface area contributed by atoms with Crippen LogP contribution in [0.2, 0.25) is 0 Å². The number of benzene rings is 28. The molecule has 0 heterocycles. The molecule has 0 aliphatic rings. The molecule has 0 saturated heterocycles. The Morgan fingerprint density at radius 3 is 0.521 bits per heavy atom. The van der Waals surface area contributed by atoms with Crippen LogP contribution in [0.15, 0.2) is 570 Å². The normalized spacial score (nSPS) is 11.5. The summed E-state index contributed by atoms with van der Waals surface area (Å²) in [7, 11) is 0. The van der Waals surface area contributed by atoms with E-state index in [1.54, 1.807) is 0 Å². The van der Waals surface area contributed by atoms with E-state index in [0.717, 1.165) is 0 Å². The highest BCUT2D eigenvalue weighted by molar-refractivity contribution is 6.31. The molecule has 28 aromatic rings. The summed E-state index contributed by atoms with van der Waals surface area (Å²) in [4.78, 5) is 0. The van der Waals surface area contributed by atoms with Crippen LogP contribution in [-0.2, 0) is 0 Å². The van der Waals surface area contributed by atoms with Crippen molar-refractivity contribution in [3.05, 3.63) is 570 Å². The highest BCUT2D eigenvalue weighted by Crippen LogP contribution is 2.55. The number of hydrogen-bond acceptors (Lipinski definition) is 0. The first-order valence-electron chi connectivity index (χ1n) is 49.9. The lowest BCUT2D eigenvalue weighted by molar-refractivity contribution is 1.63. The van der Waals surface area contributed by atoms with Crippen LogP contribution in [0, 0.1) is 0 Å². The van der Waals surface area contributed by atoms with E-state index in [2.05, 4.69) is 570 Å². The Labute approximate surface area is 837 Å². The van der Waals surface area contributed by atoms with E-state index < -0.39 is 0 Å². The van der Waals surface area contributed by atoms with Gasteiger partial charge in [0.15, 0.2) is 0 Å². The van der Waals surface area contributed by atoms with Gasteiger partial charge in [-0.2, -0.15) is 0 Å². The summed E-state index contributed by atoms with van der Waals surface area (Å²) in [6, 6.07) is 209. The molecule has 0 unspecified atom stereocenters. The molecule has 0 aliphatic carbocycles. The molecule has 0 aliphatic heterocycles. The second kappa shape index (κ2) is 37.2. The molecule has 0 radical (unpaired) electrons. The first kappa shape index (κ1) is 85.7. The molecular weight excluding hydrogens is 1730 g/mol. The fourth-order valence-electron chi connectivity index (χ4n) is 23.2. The summed E-state index contributed by atoms with van der Waals surface area (Å²) in [5, 5.41) is 30.3. The van der Waals surface area contributed by atoms with Crippen molar-refractivity contribution in [2.45, 2.75) is 0 Å². The smallest absolute Gasteiger partial charge is 0.00139 e. The Kier molecular flexibility index (Phi) is 22.1. The standard InChI is InChI=1S/2C52H34.C40H26/c1-5-19-35(20-6-1)47-39-27-13-15-29-41(39)49(37-23-9-3-10-24-37)51-43(31-17-33-45(47)51)44-32-18-34-46-48(36-21-7-2-8-22-36)40-28-14-16-30-42(40)50(52(44)46)38-25-11-4-12-26-38;1-5-17-35(18-6-1)49-41-25-13-15-27-43(41)51(37-21-9-3-10-22-37)47-33-39(29-31-45(47)49)40-30-32-46-48(34-40)52(38-23-11-4-12-24-38)44-28-16-14-26-42(44)50(46)36-19-7-2-8-20-36;1-2-10-27(11-3-1)32-22-23-37-38(26-32)40(34-21-19-29-13-5-7-15-31(29)25-34)36-17-9-8-16-35(36)39(37)33-20-18-28-12-4-6-14-30(28)24-33/h2*1-34H;1-26H. The minimum atomic E-state index is 1.20. The minimum Gasteiger partial charge on any atom is -0.0622 e. The Balaban J connectivity index is 0.000000111. The third-order valence-corrected chi connectivity index (χ3v) is 29.5. The maximum absolute atomic E-state index is 2.43. The van der Waals surface area contributed by atoms with E-state index in [1.807, 2.05) is 0 Å². The first-order valence-corrected chi connectivity index (χ1v) is 49.9. The van der Waals surface area contributed by atoms with Gasteiger partial charge in [0.1, 0.15) is 0 Å². The average Bonchev–Trinajstić information content (AvgIpc) is 0.710. The lowest BCUT2D eigenvalue weighted by atomic mass is 9.80. The third-order valence-electron chi connectivity index (χ3n) is 29.5. The lowest BCUT2D eigenvalue weighted by Gasteiger charge is -2.23. The predicted octanol–water partition coefficient (Wildman–Crippen LogP) is 40.6. The molecule has 0 N–H and O–H groups in total. The van der Waals surface area contributed by atoms with Crippen LogP contribution in [0.1, 0.15) is 0 Å². The molecule has 0 aromatic heterocycles. The summed E-state index contributed by atoms with van der Waals surface area (Å²) in [6.07, 6.45) is 0. The van der Waals surface area contributed by atoms with Gasteiger partial charge in [0.25, 0.3) is 0 Å². The maximum Gasteiger partial charge on any atom is -0.00139 e. The van der Waals surface area contributed by atoms with Crippen LogP contribution in [0.3, 0.4) is 0 Å². The van der Waals surface area contributed by atoms with Crippen LogP contribution in [0.5, 0.6) is 0 Å². The van der Waals surface area contributed by atoms with Crippen LogP contribution in [0.4, 0.5) is 0 Å². The lowest BCUT2D eigenvalue weighted by Crippen LogP contribution is -1.96. The monoisotopic (exact) mass is 1820 g/mol. The Bertz CT molecular complexity index is 9400. The average molecular weight is 1820 g/mol. The van der Waals surface area contributed by atoms with Crippen molar-refractivity contribution in [3.8, 4) is 145 Å². The fourth-order valence-corrected chi connectivity index (χ4v) is 23.2. The van der Waals surface area contributed by atoms with Crippen LogP contribution in [-0.4, -0.2) is 0 Å². The largest absolute Gasteiger partial charge is 0.0622 e. The maximum atomic E-state index is 2.43. The van der Waals surface area contributed by atoms with E-state index in [-0.39, 0.29) is 0 Å². The van der Waals surface area contributed by atoms with E-state index in [9.17, 15) is 0 Å². The number of fused-ring (bicyclic) bond motifs is 12. The van der Waals surface area contributed by atoms with Gasteiger partial charge in [-0.25, -0.2) is 0 Å². The Morgan fingerprint density at radius 1 is 0.0764 bits per heavy atom. The molecule has 0 fully saturated rings. The molecule has 28 rings (SSSR count). The van der Waals surface area contributed by atoms with E-state index in [1.165, 1.54) is 274 Å². The molecule has 144 heavy (non-hydrogen) atoms. The first-order chi connectivity index (χ1) is 71.5. The zero-order valence-electron chi connectivity index (χ0n) is 79.3. The van der Waals surface area contributed by atoms with Crippen LogP contribution < -0.4 is 0 Å². The zero-order valence-corrected chi connectivity index (χ0v) is 79.3. The van der Waals surface area contributed by atoms with Crippen LogP contribution in [0.25, 0.3) is 274 Å². The van der Waals surface area contributed by atoms with Gasteiger partial charge in [0.2, 0.25) is 0 Å². The van der Waals surface area contributed by atoms with Crippen molar-refractivity contribution < 1.29 is 0 Å². The molecule has 0 nitrogen and oxygen atoms in total. The van der Waals surface area contributed by atoms with Gasteiger partial charge >= 0.3 is 0 Å². The molecule has 0 bridgehead atoms. The van der Waals surface area contributed by atoms with E-state index in [0.29, 0.717) is 0 Å². The number of rotatable bonds is 13. The molecule has 670 valence electrons. The minimum absolute atomic E-state index is 1.20.